The first-order chi connectivity index (χ1) is 11.0. The first-order valence-corrected chi connectivity index (χ1v) is 7.36. The number of hydrogen-bond donors (Lipinski definition) is 2. The van der Waals surface area contributed by atoms with E-state index in [0.717, 1.165) is 16.7 Å². The zero-order chi connectivity index (χ0) is 16.8. The van der Waals surface area contributed by atoms with Gasteiger partial charge in [0.05, 0.1) is 0 Å². The first kappa shape index (κ1) is 16.7. The Kier molecular flexibility index (Phi) is 5.46. The molecule has 0 bridgehead atoms. The summed E-state index contributed by atoms with van der Waals surface area (Å²) in [5.41, 5.74) is 3.50. The molecule has 0 saturated heterocycles. The molecule has 2 rings (SSSR count). The van der Waals surface area contributed by atoms with Crippen molar-refractivity contribution in [2.45, 2.75) is 20.3 Å². The van der Waals surface area contributed by atoms with Gasteiger partial charge < -0.3 is 10.6 Å². The van der Waals surface area contributed by atoms with Crippen molar-refractivity contribution < 1.29 is 14.0 Å². The number of hydrogen-bond acceptors (Lipinski definition) is 2. The largest absolute Gasteiger partial charge is 0.347 e. The quantitative estimate of drug-likeness (QED) is 0.853. The van der Waals surface area contributed by atoms with Crippen LogP contribution in [-0.4, -0.2) is 18.4 Å². The zero-order valence-electron chi connectivity index (χ0n) is 13.2. The fraction of sp³-hybridized carbons (Fsp3) is 0.222. The molecule has 0 spiro atoms. The van der Waals surface area contributed by atoms with Gasteiger partial charge in [0.2, 0.25) is 0 Å². The molecule has 0 atom stereocenters. The van der Waals surface area contributed by atoms with Crippen molar-refractivity contribution in [2.24, 2.45) is 0 Å². The van der Waals surface area contributed by atoms with Crippen LogP contribution in [0.4, 0.5) is 10.1 Å². The lowest BCUT2D eigenvalue weighted by atomic mass is 10.1. The Morgan fingerprint density at radius 1 is 1.00 bits per heavy atom. The monoisotopic (exact) mass is 314 g/mol. The number of benzene rings is 2. The Hall–Kier alpha value is -2.69. The van der Waals surface area contributed by atoms with Gasteiger partial charge in [0, 0.05) is 12.2 Å². The first-order valence-electron chi connectivity index (χ1n) is 7.36. The molecule has 0 saturated carbocycles. The van der Waals surface area contributed by atoms with E-state index < -0.39 is 11.8 Å². The van der Waals surface area contributed by atoms with Gasteiger partial charge in [0.15, 0.2) is 0 Å². The summed E-state index contributed by atoms with van der Waals surface area (Å²) in [6.07, 6.45) is 0.531. The van der Waals surface area contributed by atoms with Crippen LogP contribution in [0.25, 0.3) is 0 Å². The molecule has 0 aliphatic heterocycles. The minimum absolute atomic E-state index is 0.300. The van der Waals surface area contributed by atoms with Crippen LogP contribution in [0.3, 0.4) is 0 Å². The summed E-state index contributed by atoms with van der Waals surface area (Å²) in [7, 11) is 0. The Bertz CT molecular complexity index is 711. The minimum Gasteiger partial charge on any atom is -0.347 e. The molecule has 2 N–H and O–H groups in total. The summed E-state index contributed by atoms with van der Waals surface area (Å²) in [6.45, 7) is 4.14. The lowest BCUT2D eigenvalue weighted by molar-refractivity contribution is -0.136. The Morgan fingerprint density at radius 3 is 2.35 bits per heavy atom. The number of anilines is 1. The number of halogens is 1. The number of carbonyl (C=O) groups is 2. The van der Waals surface area contributed by atoms with Gasteiger partial charge in [-0.25, -0.2) is 4.39 Å². The van der Waals surface area contributed by atoms with Crippen LogP contribution in [0, 0.1) is 19.7 Å². The maximum absolute atomic E-state index is 12.8. The topological polar surface area (TPSA) is 58.2 Å². The summed E-state index contributed by atoms with van der Waals surface area (Å²) in [6, 6.07) is 11.6. The van der Waals surface area contributed by atoms with E-state index in [9.17, 15) is 14.0 Å². The normalized spacial score (nSPS) is 10.2. The second-order valence-electron chi connectivity index (χ2n) is 5.40. The highest BCUT2D eigenvalue weighted by Crippen LogP contribution is 2.15. The van der Waals surface area contributed by atoms with Gasteiger partial charge in [0.1, 0.15) is 5.82 Å². The van der Waals surface area contributed by atoms with E-state index in [2.05, 4.69) is 10.6 Å². The molecule has 5 heteroatoms. The summed E-state index contributed by atoms with van der Waals surface area (Å²) >= 11 is 0. The van der Waals surface area contributed by atoms with Crippen LogP contribution in [0.1, 0.15) is 16.7 Å². The lowest BCUT2D eigenvalue weighted by Crippen LogP contribution is -2.36. The van der Waals surface area contributed by atoms with Gasteiger partial charge in [-0.05, 0) is 49.6 Å². The zero-order valence-corrected chi connectivity index (χ0v) is 13.2. The van der Waals surface area contributed by atoms with E-state index in [-0.39, 0.29) is 5.82 Å². The predicted molar refractivity (Wildman–Crippen MR) is 87.7 cm³/mol. The van der Waals surface area contributed by atoms with Crippen LogP contribution >= 0.6 is 0 Å². The summed E-state index contributed by atoms with van der Waals surface area (Å²) < 4.78 is 12.8. The van der Waals surface area contributed by atoms with Crippen molar-refractivity contribution in [1.82, 2.24) is 5.32 Å². The molecule has 0 aliphatic rings. The number of aryl methyl sites for hydroxylation is 2. The van der Waals surface area contributed by atoms with Crippen molar-refractivity contribution >= 4 is 17.5 Å². The minimum atomic E-state index is -0.698. The van der Waals surface area contributed by atoms with Crippen molar-refractivity contribution in [2.75, 3.05) is 11.9 Å². The molecule has 120 valence electrons. The number of nitrogens with one attached hydrogen (secondary N) is 2. The van der Waals surface area contributed by atoms with Gasteiger partial charge >= 0.3 is 11.8 Å². The Labute approximate surface area is 134 Å². The van der Waals surface area contributed by atoms with E-state index >= 15 is 0 Å². The highest BCUT2D eigenvalue weighted by molar-refractivity contribution is 6.39. The highest BCUT2D eigenvalue weighted by Gasteiger charge is 2.14. The van der Waals surface area contributed by atoms with Gasteiger partial charge in [-0.15, -0.1) is 0 Å². The Balaban J connectivity index is 1.83. The van der Waals surface area contributed by atoms with Crippen molar-refractivity contribution in [3.8, 4) is 0 Å². The van der Waals surface area contributed by atoms with E-state index in [1.165, 1.54) is 12.1 Å². The van der Waals surface area contributed by atoms with Crippen LogP contribution in [-0.2, 0) is 16.0 Å². The van der Waals surface area contributed by atoms with Crippen molar-refractivity contribution in [3.63, 3.8) is 0 Å². The predicted octanol–water partition coefficient (Wildman–Crippen LogP) is 2.74. The van der Waals surface area contributed by atoms with Crippen molar-refractivity contribution in [3.05, 3.63) is 65.0 Å². The average molecular weight is 314 g/mol. The van der Waals surface area contributed by atoms with Gasteiger partial charge in [0.25, 0.3) is 0 Å². The smallest absolute Gasteiger partial charge is 0.313 e. The van der Waals surface area contributed by atoms with E-state index in [1.807, 2.05) is 26.0 Å². The fourth-order valence-corrected chi connectivity index (χ4v) is 2.18. The molecule has 4 nitrogen and oxygen atoms in total. The average Bonchev–Trinajstić information content (AvgIpc) is 2.51. The summed E-state index contributed by atoms with van der Waals surface area (Å²) in [5, 5.41) is 5.14. The molecule has 2 amide bonds. The lowest BCUT2D eigenvalue weighted by Gasteiger charge is -2.09. The van der Waals surface area contributed by atoms with Gasteiger partial charge in [-0.2, -0.15) is 0 Å². The van der Waals surface area contributed by atoms with E-state index in [1.54, 1.807) is 18.2 Å². The molecule has 0 heterocycles. The SMILES string of the molecule is Cc1ccc(NC(=O)C(=O)NCCc2ccc(F)cc2)c(C)c1. The van der Waals surface area contributed by atoms with Crippen LogP contribution in [0.5, 0.6) is 0 Å². The molecule has 0 aliphatic carbocycles. The number of rotatable bonds is 4. The molecular weight excluding hydrogens is 295 g/mol. The maximum Gasteiger partial charge on any atom is 0.313 e. The maximum atomic E-state index is 12.8. The Morgan fingerprint density at radius 2 is 1.70 bits per heavy atom. The molecule has 2 aromatic rings. The number of carbonyl (C=O) groups excluding carboxylic acids is 2. The second-order valence-corrected chi connectivity index (χ2v) is 5.40. The van der Waals surface area contributed by atoms with Crippen LogP contribution in [0.15, 0.2) is 42.5 Å². The highest BCUT2D eigenvalue weighted by atomic mass is 19.1. The third-order valence-electron chi connectivity index (χ3n) is 3.45. The second kappa shape index (κ2) is 7.54. The van der Waals surface area contributed by atoms with E-state index in [4.69, 9.17) is 0 Å². The molecule has 0 fully saturated rings. The third-order valence-corrected chi connectivity index (χ3v) is 3.45. The summed E-state index contributed by atoms with van der Waals surface area (Å²) in [5.74, 6) is -1.69. The van der Waals surface area contributed by atoms with E-state index in [0.29, 0.717) is 18.7 Å². The molecule has 0 aromatic heterocycles. The van der Waals surface area contributed by atoms with Crippen LogP contribution in [0.2, 0.25) is 0 Å². The molecule has 23 heavy (non-hydrogen) atoms. The van der Waals surface area contributed by atoms with Crippen molar-refractivity contribution in [1.29, 1.82) is 0 Å². The standard InChI is InChI=1S/C18H19FN2O2/c1-12-3-8-16(13(2)11-12)21-18(23)17(22)20-10-9-14-4-6-15(19)7-5-14/h3-8,11H,9-10H2,1-2H3,(H,20,22)(H,21,23). The molecule has 2 aromatic carbocycles. The molecule has 0 unspecified atom stereocenters. The molecular formula is C18H19FN2O2. The molecule has 0 radical (unpaired) electrons. The third kappa shape index (κ3) is 4.92. The fourth-order valence-electron chi connectivity index (χ4n) is 2.18. The van der Waals surface area contributed by atoms with Crippen LogP contribution < -0.4 is 10.6 Å². The van der Waals surface area contributed by atoms with Gasteiger partial charge in [-0.3, -0.25) is 9.59 Å². The number of amides is 2. The van der Waals surface area contributed by atoms with Gasteiger partial charge in [-0.1, -0.05) is 29.8 Å². The summed E-state index contributed by atoms with van der Waals surface area (Å²) in [4.78, 5) is 23.7.